The molecule has 0 aliphatic carbocycles. The van der Waals surface area contributed by atoms with Crippen LogP contribution in [0.1, 0.15) is 38.3 Å². The molecule has 0 radical (unpaired) electrons. The molecule has 0 amide bonds. The predicted molar refractivity (Wildman–Crippen MR) is 69.8 cm³/mol. The molecule has 1 saturated heterocycles. The second-order valence-corrected chi connectivity index (χ2v) is 5.39. The first-order valence-corrected chi connectivity index (χ1v) is 7.21. The molecule has 1 atom stereocenters. The molecule has 0 bridgehead atoms. The van der Waals surface area contributed by atoms with Gasteiger partial charge in [0.15, 0.2) is 0 Å². The monoisotopic (exact) mass is 236 g/mol. The number of nitrogens with zero attached hydrogens (tertiary/aromatic N) is 2. The highest BCUT2D eigenvalue weighted by Crippen LogP contribution is 2.36. The Hall–Kier alpha value is -0.540. The van der Waals surface area contributed by atoms with Crippen molar-refractivity contribution in [3.05, 3.63) is 23.9 Å². The van der Waals surface area contributed by atoms with Crippen LogP contribution in [0.2, 0.25) is 0 Å². The summed E-state index contributed by atoms with van der Waals surface area (Å²) < 4.78 is 0. The van der Waals surface area contributed by atoms with Crippen molar-refractivity contribution in [3.8, 4) is 0 Å². The van der Waals surface area contributed by atoms with Crippen molar-refractivity contribution in [3.63, 3.8) is 0 Å². The van der Waals surface area contributed by atoms with Crippen LogP contribution < -0.4 is 0 Å². The van der Waals surface area contributed by atoms with Crippen molar-refractivity contribution in [2.75, 3.05) is 12.8 Å². The van der Waals surface area contributed by atoms with Gasteiger partial charge in [-0.3, -0.25) is 4.90 Å². The molecule has 1 aliphatic rings. The summed E-state index contributed by atoms with van der Waals surface area (Å²) in [5.74, 6) is 0. The molecule has 1 aromatic rings. The number of thioether (sulfide) groups is 1. The molecule has 0 unspecified atom stereocenters. The zero-order chi connectivity index (χ0) is 11.5. The number of aromatic nitrogens is 1. The summed E-state index contributed by atoms with van der Waals surface area (Å²) >= 11 is 1.76. The molecule has 1 aromatic heterocycles. The van der Waals surface area contributed by atoms with E-state index in [9.17, 15) is 0 Å². The number of hydrogen-bond acceptors (Lipinski definition) is 3. The largest absolute Gasteiger partial charge is 0.294 e. The molecule has 2 rings (SSSR count). The fourth-order valence-corrected chi connectivity index (χ4v) is 3.17. The van der Waals surface area contributed by atoms with Crippen LogP contribution in [0.15, 0.2) is 23.4 Å². The molecule has 1 aliphatic heterocycles. The minimum atomic E-state index is 0.580. The Kier molecular flexibility index (Phi) is 3.87. The van der Waals surface area contributed by atoms with Crippen LogP contribution in [0.3, 0.4) is 0 Å². The molecule has 0 aromatic carbocycles. The third kappa shape index (κ3) is 2.25. The van der Waals surface area contributed by atoms with Crippen LogP contribution >= 0.6 is 11.8 Å². The van der Waals surface area contributed by atoms with Gasteiger partial charge in [0.05, 0.1) is 0 Å². The normalized spacial score (nSPS) is 21.9. The summed E-state index contributed by atoms with van der Waals surface area (Å²) in [5.41, 5.74) is 1.42. The second-order valence-electron chi connectivity index (χ2n) is 4.59. The fraction of sp³-hybridized carbons (Fsp3) is 0.615. The molecule has 0 N–H and O–H groups in total. The van der Waals surface area contributed by atoms with Crippen molar-refractivity contribution in [2.24, 2.45) is 0 Å². The Morgan fingerprint density at radius 2 is 2.31 bits per heavy atom. The lowest BCUT2D eigenvalue weighted by molar-refractivity contribution is 0.203. The van der Waals surface area contributed by atoms with E-state index in [-0.39, 0.29) is 0 Å². The van der Waals surface area contributed by atoms with E-state index in [1.807, 2.05) is 6.20 Å². The minimum absolute atomic E-state index is 0.580. The highest BCUT2D eigenvalue weighted by molar-refractivity contribution is 7.98. The van der Waals surface area contributed by atoms with Gasteiger partial charge in [-0.05, 0) is 45.6 Å². The maximum absolute atomic E-state index is 4.47. The highest BCUT2D eigenvalue weighted by atomic mass is 32.2. The number of rotatable bonds is 3. The van der Waals surface area contributed by atoms with E-state index < -0.39 is 0 Å². The molecule has 2 nitrogen and oxygen atoms in total. The molecule has 3 heteroatoms. The van der Waals surface area contributed by atoms with Crippen molar-refractivity contribution < 1.29 is 0 Å². The van der Waals surface area contributed by atoms with E-state index in [1.165, 1.54) is 30.0 Å². The summed E-state index contributed by atoms with van der Waals surface area (Å²) in [4.78, 5) is 7.07. The highest BCUT2D eigenvalue weighted by Gasteiger charge is 2.29. The van der Waals surface area contributed by atoms with Crippen LogP contribution in [-0.2, 0) is 0 Å². The van der Waals surface area contributed by atoms with E-state index in [2.05, 4.69) is 42.1 Å². The third-order valence-electron chi connectivity index (χ3n) is 3.31. The molecule has 16 heavy (non-hydrogen) atoms. The van der Waals surface area contributed by atoms with Gasteiger partial charge in [0.25, 0.3) is 0 Å². The Bertz CT molecular complexity index is 352. The van der Waals surface area contributed by atoms with E-state index in [1.54, 1.807) is 11.8 Å². The first kappa shape index (κ1) is 11.9. The molecule has 0 spiro atoms. The average Bonchev–Trinajstić information content (AvgIpc) is 2.77. The summed E-state index contributed by atoms with van der Waals surface area (Å²) in [7, 11) is 0. The molecule has 2 heterocycles. The summed E-state index contributed by atoms with van der Waals surface area (Å²) in [5, 5.41) is 1.19. The fourth-order valence-electron chi connectivity index (χ4n) is 2.57. The lowest BCUT2D eigenvalue weighted by Gasteiger charge is -2.29. The van der Waals surface area contributed by atoms with E-state index in [4.69, 9.17) is 0 Å². The summed E-state index contributed by atoms with van der Waals surface area (Å²) in [6.07, 6.45) is 6.59. The first-order chi connectivity index (χ1) is 7.74. The molecule has 1 fully saturated rings. The minimum Gasteiger partial charge on any atom is -0.294 e. The van der Waals surface area contributed by atoms with Gasteiger partial charge >= 0.3 is 0 Å². The van der Waals surface area contributed by atoms with Gasteiger partial charge in [-0.1, -0.05) is 6.07 Å². The standard InChI is InChI=1S/C13H20N2S/c1-10(2)15-9-5-7-12(15)11-6-4-8-14-13(11)16-3/h4,6,8,10,12H,5,7,9H2,1-3H3/t12-/m0/s1. The van der Waals surface area contributed by atoms with Crippen LogP contribution in [0.4, 0.5) is 0 Å². The maximum Gasteiger partial charge on any atom is 0.100 e. The zero-order valence-corrected chi connectivity index (χ0v) is 11.1. The van der Waals surface area contributed by atoms with Crippen molar-refractivity contribution in [1.82, 2.24) is 9.88 Å². The van der Waals surface area contributed by atoms with Crippen molar-refractivity contribution >= 4 is 11.8 Å². The van der Waals surface area contributed by atoms with Crippen LogP contribution in [0, 0.1) is 0 Å². The van der Waals surface area contributed by atoms with Gasteiger partial charge in [-0.25, -0.2) is 4.98 Å². The zero-order valence-electron chi connectivity index (χ0n) is 10.3. The van der Waals surface area contributed by atoms with Gasteiger partial charge in [-0.2, -0.15) is 0 Å². The maximum atomic E-state index is 4.47. The Morgan fingerprint density at radius 1 is 1.50 bits per heavy atom. The summed E-state index contributed by atoms with van der Waals surface area (Å²) in [6, 6.07) is 5.51. The van der Waals surface area contributed by atoms with E-state index in [0.717, 1.165) is 0 Å². The quantitative estimate of drug-likeness (QED) is 0.749. The molecular weight excluding hydrogens is 216 g/mol. The molecular formula is C13H20N2S. The third-order valence-corrected chi connectivity index (χ3v) is 4.04. The van der Waals surface area contributed by atoms with Gasteiger partial charge in [0.2, 0.25) is 0 Å². The van der Waals surface area contributed by atoms with Gasteiger partial charge in [-0.15, -0.1) is 11.8 Å². The van der Waals surface area contributed by atoms with Crippen LogP contribution in [0.25, 0.3) is 0 Å². The lowest BCUT2D eigenvalue weighted by atomic mass is 10.1. The smallest absolute Gasteiger partial charge is 0.100 e. The topological polar surface area (TPSA) is 16.1 Å². The Labute approximate surface area is 102 Å². The van der Waals surface area contributed by atoms with Gasteiger partial charge in [0.1, 0.15) is 5.03 Å². The average molecular weight is 236 g/mol. The lowest BCUT2D eigenvalue weighted by Crippen LogP contribution is -2.30. The molecule has 88 valence electrons. The van der Waals surface area contributed by atoms with Gasteiger partial charge in [0, 0.05) is 23.8 Å². The Morgan fingerprint density at radius 3 is 3.00 bits per heavy atom. The van der Waals surface area contributed by atoms with Crippen LogP contribution in [0.5, 0.6) is 0 Å². The van der Waals surface area contributed by atoms with Crippen LogP contribution in [-0.4, -0.2) is 28.7 Å². The van der Waals surface area contributed by atoms with E-state index >= 15 is 0 Å². The number of likely N-dealkylation sites (tertiary alicyclic amines) is 1. The second kappa shape index (κ2) is 5.19. The predicted octanol–water partition coefficient (Wildman–Crippen LogP) is 3.35. The van der Waals surface area contributed by atoms with E-state index in [0.29, 0.717) is 12.1 Å². The Balaban J connectivity index is 2.28. The SMILES string of the molecule is CSc1ncccc1[C@@H]1CCCN1C(C)C. The van der Waals surface area contributed by atoms with Crippen molar-refractivity contribution in [2.45, 2.75) is 43.8 Å². The first-order valence-electron chi connectivity index (χ1n) is 5.98. The number of hydrogen-bond donors (Lipinski definition) is 0. The van der Waals surface area contributed by atoms with Crippen molar-refractivity contribution in [1.29, 1.82) is 0 Å². The van der Waals surface area contributed by atoms with Gasteiger partial charge < -0.3 is 0 Å². The summed E-state index contributed by atoms with van der Waals surface area (Å²) in [6.45, 7) is 5.80. The molecule has 0 saturated carbocycles. The number of pyridine rings is 1.